The molecule has 206 valence electrons. The van der Waals surface area contributed by atoms with Crippen LogP contribution in [0.15, 0.2) is 72.9 Å². The van der Waals surface area contributed by atoms with E-state index >= 15 is 0 Å². The SMILES string of the molecule is CC/C=C\CC(O)/C=C/C=C\C=C\C=C\C(SCC(N)C(=O)NCC(=O)O)C(O)C/C=C\CCC(=O)O. The molecule has 0 bridgehead atoms. The van der Waals surface area contributed by atoms with Gasteiger partial charge in [-0.25, -0.2) is 0 Å². The van der Waals surface area contributed by atoms with Crippen LogP contribution in [-0.2, 0) is 14.4 Å². The van der Waals surface area contributed by atoms with E-state index in [1.807, 2.05) is 19.1 Å². The number of carboxylic acid groups (broad SMARTS) is 2. The summed E-state index contributed by atoms with van der Waals surface area (Å²) in [5.74, 6) is -2.50. The fourth-order valence-corrected chi connectivity index (χ4v) is 3.79. The van der Waals surface area contributed by atoms with E-state index in [4.69, 9.17) is 15.9 Å². The largest absolute Gasteiger partial charge is 0.481 e. The Morgan fingerprint density at radius 1 is 0.865 bits per heavy atom. The number of aliphatic hydroxyl groups is 2. The number of carbonyl (C=O) groups excluding carboxylic acids is 1. The van der Waals surface area contributed by atoms with Gasteiger partial charge in [0.15, 0.2) is 0 Å². The first kappa shape index (κ1) is 34.1. The van der Waals surface area contributed by atoms with Crippen molar-refractivity contribution >= 4 is 29.6 Å². The van der Waals surface area contributed by atoms with Crippen molar-refractivity contribution in [1.29, 1.82) is 0 Å². The third-order valence-electron chi connectivity index (χ3n) is 4.64. The van der Waals surface area contributed by atoms with Gasteiger partial charge in [-0.1, -0.05) is 79.8 Å². The molecule has 37 heavy (non-hydrogen) atoms. The minimum absolute atomic E-state index is 0.00729. The zero-order chi connectivity index (χ0) is 27.9. The predicted octanol–water partition coefficient (Wildman–Crippen LogP) is 2.73. The van der Waals surface area contributed by atoms with Crippen molar-refractivity contribution < 1.29 is 34.8 Å². The summed E-state index contributed by atoms with van der Waals surface area (Å²) in [5.41, 5.74) is 5.85. The lowest BCUT2D eigenvalue weighted by Gasteiger charge is -2.20. The number of aliphatic hydroxyl groups excluding tert-OH is 2. The minimum atomic E-state index is -1.17. The molecule has 10 heteroatoms. The molecule has 0 heterocycles. The zero-order valence-corrected chi connectivity index (χ0v) is 22.0. The molecule has 0 fully saturated rings. The van der Waals surface area contributed by atoms with Crippen molar-refractivity contribution in [1.82, 2.24) is 5.32 Å². The fraction of sp³-hybridized carbons (Fsp3) is 0.444. The molecule has 0 aromatic heterocycles. The van der Waals surface area contributed by atoms with Gasteiger partial charge in [0.1, 0.15) is 6.54 Å². The van der Waals surface area contributed by atoms with Crippen LogP contribution in [0.3, 0.4) is 0 Å². The molecule has 0 aromatic rings. The Bertz CT molecular complexity index is 850. The van der Waals surface area contributed by atoms with Gasteiger partial charge in [-0.05, 0) is 25.7 Å². The molecule has 1 amide bonds. The number of rotatable bonds is 20. The number of carbonyl (C=O) groups is 3. The van der Waals surface area contributed by atoms with Gasteiger partial charge in [0, 0.05) is 17.4 Å². The summed E-state index contributed by atoms with van der Waals surface area (Å²) in [5, 5.41) is 39.6. The number of allylic oxidation sites excluding steroid dienone is 8. The predicted molar refractivity (Wildman–Crippen MR) is 148 cm³/mol. The zero-order valence-electron chi connectivity index (χ0n) is 21.2. The number of aliphatic carboxylic acids is 2. The van der Waals surface area contributed by atoms with Crippen molar-refractivity contribution in [3.8, 4) is 0 Å². The molecule has 0 spiro atoms. The lowest BCUT2D eigenvalue weighted by molar-refractivity contribution is -0.138. The first-order valence-electron chi connectivity index (χ1n) is 12.1. The molecule has 0 aromatic carbocycles. The third kappa shape index (κ3) is 20.9. The van der Waals surface area contributed by atoms with E-state index in [9.17, 15) is 24.6 Å². The summed E-state index contributed by atoms with van der Waals surface area (Å²) >= 11 is 1.26. The van der Waals surface area contributed by atoms with Gasteiger partial charge in [0.05, 0.1) is 18.2 Å². The molecular weight excluding hydrogens is 496 g/mol. The van der Waals surface area contributed by atoms with Crippen LogP contribution in [0.5, 0.6) is 0 Å². The smallest absolute Gasteiger partial charge is 0.322 e. The Balaban J connectivity index is 4.95. The Morgan fingerprint density at radius 3 is 2.11 bits per heavy atom. The number of hydrogen-bond donors (Lipinski definition) is 6. The number of thioether (sulfide) groups is 1. The average molecular weight is 537 g/mol. The van der Waals surface area contributed by atoms with Crippen LogP contribution in [0.2, 0.25) is 0 Å². The molecule has 0 saturated heterocycles. The highest BCUT2D eigenvalue weighted by molar-refractivity contribution is 8.00. The second kappa shape index (κ2) is 22.3. The molecule has 0 aliphatic carbocycles. The highest BCUT2D eigenvalue weighted by Gasteiger charge is 2.20. The molecule has 9 nitrogen and oxygen atoms in total. The van der Waals surface area contributed by atoms with Gasteiger partial charge in [0.2, 0.25) is 5.91 Å². The van der Waals surface area contributed by atoms with Gasteiger partial charge >= 0.3 is 11.9 Å². The van der Waals surface area contributed by atoms with Crippen molar-refractivity contribution in [2.45, 2.75) is 62.5 Å². The minimum Gasteiger partial charge on any atom is -0.481 e. The van der Waals surface area contributed by atoms with Gasteiger partial charge in [-0.3, -0.25) is 14.4 Å². The topological polar surface area (TPSA) is 170 Å². The average Bonchev–Trinajstić information content (AvgIpc) is 2.85. The first-order valence-corrected chi connectivity index (χ1v) is 13.1. The number of amides is 1. The van der Waals surface area contributed by atoms with Crippen LogP contribution in [-0.4, -0.2) is 74.1 Å². The third-order valence-corrected chi connectivity index (χ3v) is 6.04. The molecule has 0 aliphatic heterocycles. The number of carboxylic acids is 2. The molecule has 0 radical (unpaired) electrons. The summed E-state index contributed by atoms with van der Waals surface area (Å²) in [7, 11) is 0. The summed E-state index contributed by atoms with van der Waals surface area (Å²) in [4.78, 5) is 33.1. The van der Waals surface area contributed by atoms with E-state index in [-0.39, 0.29) is 18.6 Å². The lowest BCUT2D eigenvalue weighted by Crippen LogP contribution is -2.44. The molecule has 4 unspecified atom stereocenters. The van der Waals surface area contributed by atoms with Gasteiger partial charge in [0.25, 0.3) is 0 Å². The quantitative estimate of drug-likeness (QED) is 0.101. The molecule has 7 N–H and O–H groups in total. The van der Waals surface area contributed by atoms with E-state index in [0.717, 1.165) is 6.42 Å². The fourth-order valence-electron chi connectivity index (χ4n) is 2.68. The summed E-state index contributed by atoms with van der Waals surface area (Å²) < 4.78 is 0. The lowest BCUT2D eigenvalue weighted by atomic mass is 10.1. The standard InChI is InChI=1S/C27H40N2O7S/c1-2-3-9-14-21(30)15-10-6-4-5-7-12-17-24(23(31)16-11-8-13-18-25(32)33)37-20-22(28)27(36)29-19-26(34)35/h3-12,15,17,21-24,30-31H,2,13-14,16,18-20,28H2,1H3,(H,29,36)(H,32,33)(H,34,35)/b6-4-,7-5+,9-3-,11-8-,15-10+,17-12+. The normalized spacial score (nSPS) is 15.9. The van der Waals surface area contributed by atoms with Gasteiger partial charge in [-0.15, -0.1) is 11.8 Å². The molecule has 0 rings (SSSR count). The summed E-state index contributed by atoms with van der Waals surface area (Å²) in [6, 6.07) is -0.948. The van der Waals surface area contributed by atoms with E-state index in [1.54, 1.807) is 60.8 Å². The maximum Gasteiger partial charge on any atom is 0.322 e. The molecule has 4 atom stereocenters. The first-order chi connectivity index (χ1) is 17.7. The molecular formula is C27H40N2O7S. The highest BCUT2D eigenvalue weighted by atomic mass is 32.2. The Labute approximate surface area is 223 Å². The summed E-state index contributed by atoms with van der Waals surface area (Å²) in [6.45, 7) is 1.51. The Kier molecular flexibility index (Phi) is 20.5. The van der Waals surface area contributed by atoms with Crippen LogP contribution in [0, 0.1) is 0 Å². The van der Waals surface area contributed by atoms with Crippen molar-refractivity contribution in [2.75, 3.05) is 12.3 Å². The number of nitrogens with one attached hydrogen (secondary N) is 1. The van der Waals surface area contributed by atoms with Crippen LogP contribution in [0.1, 0.15) is 39.0 Å². The summed E-state index contributed by atoms with van der Waals surface area (Å²) in [6.07, 6.45) is 22.3. The van der Waals surface area contributed by atoms with Crippen LogP contribution in [0.4, 0.5) is 0 Å². The Morgan fingerprint density at radius 2 is 1.49 bits per heavy atom. The van der Waals surface area contributed by atoms with E-state index < -0.39 is 47.9 Å². The molecule has 0 aliphatic rings. The van der Waals surface area contributed by atoms with Gasteiger partial charge in [-0.2, -0.15) is 0 Å². The maximum atomic E-state index is 11.9. The van der Waals surface area contributed by atoms with Gasteiger partial charge < -0.3 is 31.5 Å². The van der Waals surface area contributed by atoms with Crippen molar-refractivity contribution in [3.63, 3.8) is 0 Å². The van der Waals surface area contributed by atoms with E-state index in [2.05, 4.69) is 5.32 Å². The highest BCUT2D eigenvalue weighted by Crippen LogP contribution is 2.20. The van der Waals surface area contributed by atoms with Crippen molar-refractivity contribution in [3.05, 3.63) is 72.9 Å². The monoisotopic (exact) mass is 536 g/mol. The van der Waals surface area contributed by atoms with E-state index in [0.29, 0.717) is 12.8 Å². The maximum absolute atomic E-state index is 11.9. The van der Waals surface area contributed by atoms with Crippen LogP contribution < -0.4 is 11.1 Å². The second-order valence-corrected chi connectivity index (χ2v) is 9.16. The number of nitrogens with two attached hydrogens (primary N) is 1. The van der Waals surface area contributed by atoms with Crippen LogP contribution in [0.25, 0.3) is 0 Å². The van der Waals surface area contributed by atoms with E-state index in [1.165, 1.54) is 11.8 Å². The second-order valence-electron chi connectivity index (χ2n) is 7.95. The molecule has 0 saturated carbocycles. The van der Waals surface area contributed by atoms with Crippen molar-refractivity contribution in [2.24, 2.45) is 5.73 Å². The van der Waals surface area contributed by atoms with Crippen LogP contribution >= 0.6 is 11.8 Å². The Hall–Kier alpha value is -2.92. The number of hydrogen-bond acceptors (Lipinski definition) is 7.